The van der Waals surface area contributed by atoms with Gasteiger partial charge in [-0.3, -0.25) is 29.8 Å². The minimum atomic E-state index is -0.617. The molecule has 0 amide bonds. The minimum Gasteiger partial charge on any atom is -0.495 e. The second kappa shape index (κ2) is 17.2. The number of benzene rings is 4. The molecule has 0 unspecified atom stereocenters. The highest BCUT2D eigenvalue weighted by molar-refractivity contribution is 5.83. The summed E-state index contributed by atoms with van der Waals surface area (Å²) in [5, 5.41) is 21.6. The molecule has 0 bridgehead atoms. The molecule has 14 nitrogen and oxygen atoms in total. The summed E-state index contributed by atoms with van der Waals surface area (Å²) in [6.07, 6.45) is 0. The van der Waals surface area contributed by atoms with Crippen molar-refractivity contribution in [1.82, 2.24) is 0 Å². The number of carbonyl (C=O) groups excluding carboxylic acids is 2. The molecule has 0 aromatic heterocycles. The van der Waals surface area contributed by atoms with Gasteiger partial charge in [-0.15, -0.1) is 0 Å². The van der Waals surface area contributed by atoms with Gasteiger partial charge in [0.2, 0.25) is 0 Å². The minimum absolute atomic E-state index is 0.0340. The van der Waals surface area contributed by atoms with Crippen LogP contribution in [-0.2, 0) is 32.3 Å². The van der Waals surface area contributed by atoms with Crippen LogP contribution in [0, 0.1) is 20.2 Å². The van der Waals surface area contributed by atoms with Crippen LogP contribution in [-0.4, -0.2) is 49.1 Å². The molecular weight excluding hydrogens is 600 g/mol. The van der Waals surface area contributed by atoms with Gasteiger partial charge in [-0.05, 0) is 23.3 Å². The number of carbonyl (C=O) groups is 2. The van der Waals surface area contributed by atoms with E-state index < -0.39 is 21.8 Å². The van der Waals surface area contributed by atoms with E-state index in [9.17, 15) is 29.8 Å². The fourth-order valence-corrected chi connectivity index (χ4v) is 3.98. The van der Waals surface area contributed by atoms with Gasteiger partial charge >= 0.3 is 11.9 Å². The van der Waals surface area contributed by atoms with Crippen molar-refractivity contribution in [3.05, 3.63) is 128 Å². The van der Waals surface area contributed by atoms with E-state index in [0.717, 1.165) is 11.1 Å². The number of non-ortho nitro benzene ring substituents is 2. The Hall–Kier alpha value is -6.18. The number of nitro benzene ring substituents is 2. The van der Waals surface area contributed by atoms with E-state index in [1.165, 1.54) is 55.5 Å². The third-order valence-electron chi connectivity index (χ3n) is 6.26. The van der Waals surface area contributed by atoms with Crippen molar-refractivity contribution < 1.29 is 38.4 Å². The zero-order chi connectivity index (χ0) is 33.5. The third-order valence-corrected chi connectivity index (χ3v) is 6.26. The van der Waals surface area contributed by atoms with Crippen LogP contribution in [0.3, 0.4) is 0 Å². The first-order valence-electron chi connectivity index (χ1n) is 13.7. The Kier molecular flexibility index (Phi) is 12.8. The predicted molar refractivity (Wildman–Crippen MR) is 168 cm³/mol. The molecule has 0 spiro atoms. The van der Waals surface area contributed by atoms with Crippen LogP contribution in [0.1, 0.15) is 11.1 Å². The van der Waals surface area contributed by atoms with Gasteiger partial charge in [0.25, 0.3) is 11.4 Å². The number of esters is 2. The van der Waals surface area contributed by atoms with Crippen LogP contribution in [0.5, 0.6) is 11.5 Å². The Labute approximate surface area is 264 Å². The molecule has 4 aromatic carbocycles. The third kappa shape index (κ3) is 10.5. The molecule has 0 radical (unpaired) electrons. The second-order valence-electron chi connectivity index (χ2n) is 9.45. The Bertz CT molecular complexity index is 1580. The van der Waals surface area contributed by atoms with Gasteiger partial charge in [0.05, 0.1) is 35.4 Å². The maximum absolute atomic E-state index is 12.6. The van der Waals surface area contributed by atoms with Gasteiger partial charge in [0.15, 0.2) is 0 Å². The molecule has 46 heavy (non-hydrogen) atoms. The first kappa shape index (κ1) is 34.3. The lowest BCUT2D eigenvalue weighted by atomic mass is 10.2. The fraction of sp³-hybridized carbons (Fsp3) is 0.188. The smallest absolute Gasteiger partial charge is 0.325 e. The van der Waals surface area contributed by atoms with Gasteiger partial charge in [-0.1, -0.05) is 60.7 Å². The summed E-state index contributed by atoms with van der Waals surface area (Å²) in [5.41, 5.74) is 7.27. The predicted octanol–water partition coefficient (Wildman–Crippen LogP) is 5.08. The first-order valence-corrected chi connectivity index (χ1v) is 13.7. The lowest BCUT2D eigenvalue weighted by Crippen LogP contribution is -2.36. The zero-order valence-electron chi connectivity index (χ0n) is 25.1. The molecule has 0 aliphatic rings. The summed E-state index contributed by atoms with van der Waals surface area (Å²) in [5.74, 6) is -0.528. The fourth-order valence-electron chi connectivity index (χ4n) is 3.98. The van der Waals surface area contributed by atoms with Crippen molar-refractivity contribution in [2.24, 2.45) is 0 Å². The summed E-state index contributed by atoms with van der Waals surface area (Å²) in [4.78, 5) is 47.0. The molecule has 0 fully saturated rings. The molecule has 0 atom stereocenters. The van der Waals surface area contributed by atoms with E-state index in [1.807, 2.05) is 60.7 Å². The van der Waals surface area contributed by atoms with Crippen LogP contribution in [0.4, 0.5) is 22.7 Å². The van der Waals surface area contributed by atoms with E-state index in [-0.39, 0.29) is 54.8 Å². The second-order valence-corrected chi connectivity index (χ2v) is 9.45. The molecule has 14 heteroatoms. The number of hydrogen-bond acceptors (Lipinski definition) is 12. The van der Waals surface area contributed by atoms with E-state index >= 15 is 0 Å². The van der Waals surface area contributed by atoms with Crippen molar-refractivity contribution in [2.45, 2.75) is 13.2 Å². The number of methoxy groups -OCH3 is 2. The SMILES string of the molecule is COc1ccc([N+](=O)[O-])cc1N.COc1ccc([N+](=O)[O-])cc1N(CC(=O)OCc1ccccc1)CC(=O)OCc1ccccc1. The molecule has 0 saturated heterocycles. The topological polar surface area (TPSA) is 187 Å². The Morgan fingerprint density at radius 2 is 1.11 bits per heavy atom. The number of rotatable bonds is 13. The van der Waals surface area contributed by atoms with E-state index in [1.54, 1.807) is 0 Å². The van der Waals surface area contributed by atoms with Crippen molar-refractivity contribution in [3.8, 4) is 11.5 Å². The highest BCUT2D eigenvalue weighted by Gasteiger charge is 2.23. The van der Waals surface area contributed by atoms with Crippen molar-refractivity contribution in [3.63, 3.8) is 0 Å². The van der Waals surface area contributed by atoms with Crippen LogP contribution in [0.2, 0.25) is 0 Å². The van der Waals surface area contributed by atoms with E-state index in [0.29, 0.717) is 5.75 Å². The molecule has 240 valence electrons. The summed E-state index contributed by atoms with van der Waals surface area (Å²) >= 11 is 0. The van der Waals surface area contributed by atoms with Crippen LogP contribution in [0.15, 0.2) is 97.1 Å². The maximum Gasteiger partial charge on any atom is 0.325 e. The molecular formula is C32H32N4O10. The number of nitrogen functional groups attached to an aromatic ring is 1. The number of ether oxygens (including phenoxy) is 4. The molecule has 0 saturated carbocycles. The van der Waals surface area contributed by atoms with E-state index in [2.05, 4.69) is 0 Å². The Morgan fingerprint density at radius 1 is 0.674 bits per heavy atom. The standard InChI is InChI=1S/C25H24N2O7.C7H8N2O3/c1-32-23-13-12-21(27(30)31)14-22(23)26(15-24(28)33-17-19-8-4-2-5-9-19)16-25(29)34-18-20-10-6-3-7-11-20;1-12-7-3-2-5(9(10)11)4-6(7)8/h2-14H,15-18H2,1H3;2-4H,8H2,1H3. The van der Waals surface area contributed by atoms with Gasteiger partial charge in [0.1, 0.15) is 37.8 Å². The first-order chi connectivity index (χ1) is 22.1. The molecule has 0 heterocycles. The Balaban J connectivity index is 0.000000402. The van der Waals surface area contributed by atoms with Crippen molar-refractivity contribution >= 4 is 34.7 Å². The van der Waals surface area contributed by atoms with Crippen molar-refractivity contribution in [1.29, 1.82) is 0 Å². The van der Waals surface area contributed by atoms with Gasteiger partial charge < -0.3 is 29.6 Å². The molecule has 4 aromatic rings. The largest absolute Gasteiger partial charge is 0.495 e. The summed E-state index contributed by atoms with van der Waals surface area (Å²) in [6.45, 7) is -0.578. The lowest BCUT2D eigenvalue weighted by Gasteiger charge is -2.24. The monoisotopic (exact) mass is 632 g/mol. The average Bonchev–Trinajstić information content (AvgIpc) is 3.07. The number of nitrogens with zero attached hydrogens (tertiary/aromatic N) is 3. The number of hydrogen-bond donors (Lipinski definition) is 1. The summed E-state index contributed by atoms with van der Waals surface area (Å²) < 4.78 is 20.8. The number of anilines is 2. The highest BCUT2D eigenvalue weighted by Crippen LogP contribution is 2.32. The van der Waals surface area contributed by atoms with Gasteiger partial charge in [0, 0.05) is 24.3 Å². The summed E-state index contributed by atoms with van der Waals surface area (Å²) in [7, 11) is 2.85. The Morgan fingerprint density at radius 3 is 1.52 bits per heavy atom. The zero-order valence-corrected chi connectivity index (χ0v) is 25.1. The lowest BCUT2D eigenvalue weighted by molar-refractivity contribution is -0.385. The molecule has 2 N–H and O–H groups in total. The summed E-state index contributed by atoms with van der Waals surface area (Å²) in [6, 6.07) is 26.3. The van der Waals surface area contributed by atoms with Crippen LogP contribution in [0.25, 0.3) is 0 Å². The average molecular weight is 633 g/mol. The van der Waals surface area contributed by atoms with Gasteiger partial charge in [-0.2, -0.15) is 0 Å². The van der Waals surface area contributed by atoms with Crippen LogP contribution < -0.4 is 20.1 Å². The molecule has 0 aliphatic carbocycles. The van der Waals surface area contributed by atoms with Gasteiger partial charge in [-0.25, -0.2) is 0 Å². The van der Waals surface area contributed by atoms with Crippen LogP contribution >= 0.6 is 0 Å². The molecule has 0 aliphatic heterocycles. The highest BCUT2D eigenvalue weighted by atomic mass is 16.6. The normalized spacial score (nSPS) is 10.0. The number of nitrogens with two attached hydrogens (primary N) is 1. The number of nitro groups is 2. The van der Waals surface area contributed by atoms with E-state index in [4.69, 9.17) is 24.7 Å². The quantitative estimate of drug-likeness (QED) is 0.0892. The molecule has 4 rings (SSSR count). The van der Waals surface area contributed by atoms with Crippen molar-refractivity contribution in [2.75, 3.05) is 37.9 Å². The maximum atomic E-state index is 12.6.